The van der Waals surface area contributed by atoms with Gasteiger partial charge in [0.15, 0.2) is 5.76 Å². The van der Waals surface area contributed by atoms with Crippen molar-refractivity contribution in [3.8, 4) is 0 Å². The third-order valence-electron chi connectivity index (χ3n) is 13.5. The number of carboxylic acid groups (broad SMARTS) is 1. The standard InChI is InChI=1S/C34H48O7/c1-19(2)22-11-14-34(29(38)39)16-15-32(7)23(27(22)34)9-10-26-30(5)17-24(41-21(4)36)28(37)31(6,18-40-20(3)35)25(30)12-13-33(26,32)8/h17,22-23,25-27H,1,9-16,18H2,2-8H3,(H,38,39)/t22-,23+,25+,26+,27+,30-,31-,32+,33+,34-/m0/s1. The first-order valence-electron chi connectivity index (χ1n) is 15.5. The van der Waals surface area contributed by atoms with E-state index in [1.165, 1.54) is 13.8 Å². The number of esters is 2. The van der Waals surface area contributed by atoms with Gasteiger partial charge in [0.05, 0.1) is 10.8 Å². The fourth-order valence-electron chi connectivity index (χ4n) is 11.4. The van der Waals surface area contributed by atoms with Crippen LogP contribution >= 0.6 is 0 Å². The van der Waals surface area contributed by atoms with Gasteiger partial charge in [0.25, 0.3) is 0 Å². The van der Waals surface area contributed by atoms with E-state index in [0.29, 0.717) is 6.42 Å². The lowest BCUT2D eigenvalue weighted by Gasteiger charge is -2.71. The molecule has 41 heavy (non-hydrogen) atoms. The van der Waals surface area contributed by atoms with Gasteiger partial charge in [-0.05, 0) is 117 Å². The highest BCUT2D eigenvalue weighted by molar-refractivity contribution is 6.01. The molecule has 0 aromatic carbocycles. The Morgan fingerprint density at radius 3 is 2.17 bits per heavy atom. The van der Waals surface area contributed by atoms with Crippen molar-refractivity contribution >= 4 is 23.7 Å². The second-order valence-electron chi connectivity index (χ2n) is 15.1. The van der Waals surface area contributed by atoms with E-state index in [9.17, 15) is 24.3 Å². The van der Waals surface area contributed by atoms with Crippen molar-refractivity contribution in [3.63, 3.8) is 0 Å². The van der Waals surface area contributed by atoms with Gasteiger partial charge in [0.1, 0.15) is 6.61 Å². The highest BCUT2D eigenvalue weighted by Crippen LogP contribution is 2.77. The number of carbonyl (C=O) groups excluding carboxylic acids is 3. The van der Waals surface area contributed by atoms with E-state index in [2.05, 4.69) is 34.3 Å². The first kappa shape index (κ1) is 30.0. The molecule has 0 heterocycles. The molecule has 0 radical (unpaired) electrons. The van der Waals surface area contributed by atoms with Gasteiger partial charge in [-0.15, -0.1) is 0 Å². The molecule has 4 fully saturated rings. The van der Waals surface area contributed by atoms with Crippen molar-refractivity contribution in [3.05, 3.63) is 24.0 Å². The summed E-state index contributed by atoms with van der Waals surface area (Å²) >= 11 is 0. The molecule has 0 amide bonds. The van der Waals surface area contributed by atoms with Gasteiger partial charge in [0.2, 0.25) is 5.78 Å². The van der Waals surface area contributed by atoms with E-state index < -0.39 is 34.2 Å². The van der Waals surface area contributed by atoms with E-state index in [1.54, 1.807) is 0 Å². The molecule has 0 aliphatic heterocycles. The van der Waals surface area contributed by atoms with E-state index in [0.717, 1.165) is 50.5 Å². The van der Waals surface area contributed by atoms with Gasteiger partial charge in [-0.25, -0.2) is 0 Å². The number of Topliss-reactive ketones (excluding diaryl/α,β-unsaturated/α-hetero) is 1. The van der Waals surface area contributed by atoms with Crippen LogP contribution in [0.4, 0.5) is 0 Å². The molecule has 0 aromatic rings. The molecular weight excluding hydrogens is 520 g/mol. The average Bonchev–Trinajstić information content (AvgIpc) is 3.28. The first-order chi connectivity index (χ1) is 19.0. The van der Waals surface area contributed by atoms with Crippen LogP contribution in [0.5, 0.6) is 0 Å². The van der Waals surface area contributed by atoms with Gasteiger partial charge in [-0.3, -0.25) is 19.2 Å². The summed E-state index contributed by atoms with van der Waals surface area (Å²) in [6, 6.07) is 0. The predicted molar refractivity (Wildman–Crippen MR) is 153 cm³/mol. The monoisotopic (exact) mass is 568 g/mol. The van der Waals surface area contributed by atoms with Crippen molar-refractivity contribution in [1.82, 2.24) is 0 Å². The third kappa shape index (κ3) is 3.96. The number of allylic oxidation sites excluding steroid dienone is 3. The van der Waals surface area contributed by atoms with E-state index in [1.807, 2.05) is 13.0 Å². The summed E-state index contributed by atoms with van der Waals surface area (Å²) in [4.78, 5) is 50.7. The number of ketones is 1. The molecule has 226 valence electrons. The van der Waals surface area contributed by atoms with Crippen molar-refractivity contribution in [2.24, 2.45) is 56.7 Å². The number of fused-ring (bicyclic) bond motifs is 7. The van der Waals surface area contributed by atoms with E-state index in [4.69, 9.17) is 9.47 Å². The molecule has 0 bridgehead atoms. The minimum absolute atomic E-state index is 0.0488. The van der Waals surface area contributed by atoms with Crippen molar-refractivity contribution in [1.29, 1.82) is 0 Å². The second-order valence-corrected chi connectivity index (χ2v) is 15.1. The maximum atomic E-state index is 13.8. The molecule has 10 atom stereocenters. The van der Waals surface area contributed by atoms with E-state index >= 15 is 0 Å². The highest BCUT2D eigenvalue weighted by atomic mass is 16.5. The zero-order valence-electron chi connectivity index (χ0n) is 25.9. The van der Waals surface area contributed by atoms with Crippen LogP contribution in [0, 0.1) is 56.7 Å². The Bertz CT molecular complexity index is 1230. The summed E-state index contributed by atoms with van der Waals surface area (Å²) in [6.07, 6.45) is 8.61. The number of carbonyl (C=O) groups is 4. The molecule has 0 unspecified atom stereocenters. The summed E-state index contributed by atoms with van der Waals surface area (Å²) < 4.78 is 11.1. The first-order valence-corrected chi connectivity index (χ1v) is 15.5. The van der Waals surface area contributed by atoms with Gasteiger partial charge < -0.3 is 14.6 Å². The maximum Gasteiger partial charge on any atom is 0.309 e. The zero-order valence-corrected chi connectivity index (χ0v) is 25.9. The number of carboxylic acids is 1. The Labute approximate surface area is 244 Å². The van der Waals surface area contributed by atoms with Gasteiger partial charge in [-0.2, -0.15) is 0 Å². The fourth-order valence-corrected chi connectivity index (χ4v) is 11.4. The Balaban J connectivity index is 1.61. The lowest BCUT2D eigenvalue weighted by atomic mass is 9.33. The molecule has 1 N–H and O–H groups in total. The summed E-state index contributed by atoms with van der Waals surface area (Å²) in [5.74, 6) is -1.17. The minimum Gasteiger partial charge on any atom is -0.481 e. The highest BCUT2D eigenvalue weighted by Gasteiger charge is 2.72. The maximum absolute atomic E-state index is 13.8. The van der Waals surface area contributed by atoms with E-state index in [-0.39, 0.29) is 58.6 Å². The lowest BCUT2D eigenvalue weighted by Crippen LogP contribution is -2.67. The molecule has 5 rings (SSSR count). The summed E-state index contributed by atoms with van der Waals surface area (Å²) in [5.41, 5.74) is -1.27. The SMILES string of the molecule is C=C(C)[C@@H]1CC[C@]2(C(=O)O)CC[C@]3(C)[C@H](CC[C@@H]4[C@@]5(C)C=C(OC(C)=O)C(=O)[C@@](C)(COC(C)=O)[C@@H]5CC[C@]43C)[C@@H]12. The number of aliphatic carboxylic acids is 1. The van der Waals surface area contributed by atoms with Crippen LogP contribution in [0.1, 0.15) is 99.8 Å². The topological polar surface area (TPSA) is 107 Å². The summed E-state index contributed by atoms with van der Waals surface area (Å²) in [7, 11) is 0. The second kappa shape index (κ2) is 9.54. The number of ether oxygens (including phenoxy) is 2. The molecule has 0 saturated heterocycles. The van der Waals surface area contributed by atoms with Crippen molar-refractivity contribution in [2.75, 3.05) is 6.61 Å². The largest absolute Gasteiger partial charge is 0.481 e. The predicted octanol–water partition coefficient (Wildman–Crippen LogP) is 6.51. The van der Waals surface area contributed by atoms with Crippen molar-refractivity contribution < 1.29 is 33.8 Å². The van der Waals surface area contributed by atoms with Crippen LogP contribution in [-0.2, 0) is 28.7 Å². The fraction of sp³-hybridized carbons (Fsp3) is 0.765. The third-order valence-corrected chi connectivity index (χ3v) is 13.5. The van der Waals surface area contributed by atoms with Crippen LogP contribution in [-0.4, -0.2) is 35.4 Å². The van der Waals surface area contributed by atoms with Gasteiger partial charge in [0, 0.05) is 13.8 Å². The smallest absolute Gasteiger partial charge is 0.309 e. The molecule has 5 aliphatic carbocycles. The van der Waals surface area contributed by atoms with Gasteiger partial charge in [-0.1, -0.05) is 32.9 Å². The number of rotatable bonds is 5. The Kier molecular flexibility index (Phi) is 6.98. The molecule has 0 spiro atoms. The zero-order chi connectivity index (χ0) is 30.3. The molecule has 7 heteroatoms. The Morgan fingerprint density at radius 2 is 1.59 bits per heavy atom. The normalized spacial score (nSPS) is 46.7. The molecule has 5 aliphatic rings. The summed E-state index contributed by atoms with van der Waals surface area (Å²) in [6.45, 7) is 17.9. The number of hydrogen-bond acceptors (Lipinski definition) is 6. The van der Waals surface area contributed by atoms with Crippen LogP contribution in [0.15, 0.2) is 24.0 Å². The van der Waals surface area contributed by atoms with Crippen LogP contribution in [0.3, 0.4) is 0 Å². The van der Waals surface area contributed by atoms with Crippen LogP contribution in [0.25, 0.3) is 0 Å². The molecule has 7 nitrogen and oxygen atoms in total. The van der Waals surface area contributed by atoms with Crippen LogP contribution in [0.2, 0.25) is 0 Å². The van der Waals surface area contributed by atoms with Crippen LogP contribution < -0.4 is 0 Å². The molecular formula is C34H48O7. The van der Waals surface area contributed by atoms with Crippen molar-refractivity contribution in [2.45, 2.75) is 99.8 Å². The minimum atomic E-state index is -1.01. The Morgan fingerprint density at radius 1 is 0.902 bits per heavy atom. The Hall–Kier alpha value is -2.44. The molecule has 0 aromatic heterocycles. The quantitative estimate of drug-likeness (QED) is 0.298. The average molecular weight is 569 g/mol. The molecule has 4 saturated carbocycles. The number of hydrogen-bond donors (Lipinski definition) is 1. The van der Waals surface area contributed by atoms with Gasteiger partial charge >= 0.3 is 17.9 Å². The lowest BCUT2D eigenvalue weighted by molar-refractivity contribution is -0.225. The summed E-state index contributed by atoms with van der Waals surface area (Å²) in [5, 5.41) is 10.6.